The molecular weight excluding hydrogens is 585 g/mol. The first-order chi connectivity index (χ1) is 21.3. The van der Waals surface area contributed by atoms with E-state index in [9.17, 15) is 14.4 Å². The third-order valence-electron chi connectivity index (χ3n) is 8.51. The van der Waals surface area contributed by atoms with Crippen molar-refractivity contribution in [1.82, 2.24) is 25.3 Å². The molecule has 1 aliphatic heterocycles. The van der Waals surface area contributed by atoms with E-state index in [0.717, 1.165) is 55.3 Å². The molecule has 0 bridgehead atoms. The third-order valence-corrected chi connectivity index (χ3v) is 8.81. The summed E-state index contributed by atoms with van der Waals surface area (Å²) < 4.78 is 24.2. The summed E-state index contributed by atoms with van der Waals surface area (Å²) in [6, 6.07) is 10.9. The molecule has 10 nitrogen and oxygen atoms in total. The molecule has 1 saturated heterocycles. The van der Waals surface area contributed by atoms with Crippen molar-refractivity contribution < 1.29 is 13.9 Å². The minimum atomic E-state index is -0.904. The van der Waals surface area contributed by atoms with E-state index in [1.807, 2.05) is 18.2 Å². The van der Waals surface area contributed by atoms with Gasteiger partial charge in [-0.25, -0.2) is 9.97 Å². The molecule has 234 valence electrons. The highest BCUT2D eigenvalue weighted by Gasteiger charge is 2.32. The van der Waals surface area contributed by atoms with Gasteiger partial charge in [-0.2, -0.15) is 9.65 Å². The second-order valence-corrected chi connectivity index (χ2v) is 12.3. The molecule has 0 amide bonds. The maximum Gasteiger partial charge on any atom is 0.287 e. The third kappa shape index (κ3) is 8.60. The standard InChI is InChI=1S/C32H39ClFN7O3/c1-21(17-44-18-30-37-16-27(34)31(42)41-30)39-23-7-5-22(6-8-23)13-24-14-25(26(33)15-36-24)28-3-2-4-29(40-28)38-20-32(19-35)9-11-43-12-10-32/h2-4,14-16,21-23,39H,5-13,17-18,20H2,1H3,(H,38,40)(H,37,41,42)/t21-,22?,23?/m1/s1. The lowest BCUT2D eigenvalue weighted by molar-refractivity contribution is 0.0455. The second kappa shape index (κ2) is 15.0. The van der Waals surface area contributed by atoms with E-state index in [0.29, 0.717) is 67.8 Å². The highest BCUT2D eigenvalue weighted by Crippen LogP contribution is 2.33. The average Bonchev–Trinajstić information content (AvgIpc) is 3.04. The number of H-pyrrole nitrogens is 1. The minimum absolute atomic E-state index is 0.123. The van der Waals surface area contributed by atoms with E-state index >= 15 is 0 Å². The van der Waals surface area contributed by atoms with Crippen LogP contribution in [0.5, 0.6) is 0 Å². The van der Waals surface area contributed by atoms with Crippen LogP contribution in [-0.2, 0) is 22.5 Å². The molecule has 0 aromatic carbocycles. The Morgan fingerprint density at radius 2 is 2.02 bits per heavy atom. The van der Waals surface area contributed by atoms with E-state index < -0.39 is 16.8 Å². The Hall–Kier alpha value is -3.43. The molecule has 5 rings (SSSR count). The monoisotopic (exact) mass is 623 g/mol. The molecule has 0 radical (unpaired) electrons. The maximum absolute atomic E-state index is 13.1. The predicted octanol–water partition coefficient (Wildman–Crippen LogP) is 5.05. The second-order valence-electron chi connectivity index (χ2n) is 11.9. The zero-order valence-electron chi connectivity index (χ0n) is 25.0. The van der Waals surface area contributed by atoms with Crippen molar-refractivity contribution in [3.8, 4) is 17.3 Å². The number of nitrogens with one attached hydrogen (secondary N) is 3. The maximum atomic E-state index is 13.1. The molecule has 3 N–H and O–H groups in total. The van der Waals surface area contributed by atoms with Crippen LogP contribution in [0.15, 0.2) is 41.5 Å². The minimum Gasteiger partial charge on any atom is -0.381 e. The SMILES string of the molecule is C[C@H](COCc1ncc(F)c(=O)[nH]1)NC1CCC(Cc2cc(-c3cccc(NCC4(C#N)CCOCC4)n3)c(Cl)cn2)CC1. The number of rotatable bonds is 12. The van der Waals surface area contributed by atoms with E-state index in [-0.39, 0.29) is 12.6 Å². The molecule has 0 unspecified atom stereocenters. The Morgan fingerprint density at radius 1 is 1.23 bits per heavy atom. The number of aromatic amines is 1. The van der Waals surface area contributed by atoms with Crippen molar-refractivity contribution >= 4 is 17.4 Å². The number of anilines is 1. The number of nitrogens with zero attached hydrogens (tertiary/aromatic N) is 4. The van der Waals surface area contributed by atoms with Gasteiger partial charge in [0.25, 0.3) is 5.56 Å². The van der Waals surface area contributed by atoms with Crippen molar-refractivity contribution in [2.75, 3.05) is 31.7 Å². The van der Waals surface area contributed by atoms with Crippen molar-refractivity contribution in [3.05, 3.63) is 69.4 Å². The first-order valence-electron chi connectivity index (χ1n) is 15.2. The number of hydrogen-bond acceptors (Lipinski definition) is 9. The van der Waals surface area contributed by atoms with E-state index in [1.165, 1.54) is 0 Å². The lowest BCUT2D eigenvalue weighted by Crippen LogP contribution is -2.41. The van der Waals surface area contributed by atoms with Crippen LogP contribution in [0.3, 0.4) is 0 Å². The number of aromatic nitrogens is 4. The normalized spacial score (nSPS) is 20.5. The summed E-state index contributed by atoms with van der Waals surface area (Å²) >= 11 is 6.59. The smallest absolute Gasteiger partial charge is 0.287 e. The Balaban J connectivity index is 1.09. The van der Waals surface area contributed by atoms with Crippen LogP contribution < -0.4 is 16.2 Å². The van der Waals surface area contributed by atoms with Crippen LogP contribution >= 0.6 is 11.6 Å². The van der Waals surface area contributed by atoms with Gasteiger partial charge in [0.05, 0.1) is 35.0 Å². The number of pyridine rings is 2. The fourth-order valence-electron chi connectivity index (χ4n) is 5.92. The lowest BCUT2D eigenvalue weighted by Gasteiger charge is -2.31. The van der Waals surface area contributed by atoms with Crippen molar-refractivity contribution in [1.29, 1.82) is 5.26 Å². The highest BCUT2D eigenvalue weighted by atomic mass is 35.5. The van der Waals surface area contributed by atoms with Crippen molar-refractivity contribution in [2.24, 2.45) is 11.3 Å². The van der Waals surface area contributed by atoms with Gasteiger partial charge < -0.3 is 25.1 Å². The first-order valence-corrected chi connectivity index (χ1v) is 15.6. The van der Waals surface area contributed by atoms with Gasteiger partial charge in [0, 0.05) is 49.3 Å². The molecular formula is C32H39ClFN7O3. The van der Waals surface area contributed by atoms with Gasteiger partial charge in [-0.05, 0) is 76.0 Å². The molecule has 4 heterocycles. The topological polar surface area (TPSA) is 138 Å². The number of hydrogen-bond donors (Lipinski definition) is 3. The largest absolute Gasteiger partial charge is 0.381 e. The molecule has 2 aliphatic rings. The summed E-state index contributed by atoms with van der Waals surface area (Å²) in [5.74, 6) is 0.650. The molecule has 44 heavy (non-hydrogen) atoms. The van der Waals surface area contributed by atoms with Crippen LogP contribution in [0.25, 0.3) is 11.3 Å². The summed E-state index contributed by atoms with van der Waals surface area (Å²) in [6.07, 6.45) is 9.23. The van der Waals surface area contributed by atoms with Crippen LogP contribution in [-0.4, -0.2) is 58.4 Å². The predicted molar refractivity (Wildman–Crippen MR) is 166 cm³/mol. The fraction of sp³-hybridized carbons (Fsp3) is 0.531. The summed E-state index contributed by atoms with van der Waals surface area (Å²) in [6.45, 7) is 4.38. The van der Waals surface area contributed by atoms with Gasteiger partial charge >= 0.3 is 0 Å². The first kappa shape index (κ1) is 32.0. The number of ether oxygens (including phenoxy) is 2. The fourth-order valence-corrected chi connectivity index (χ4v) is 6.12. The quantitative estimate of drug-likeness (QED) is 0.253. The molecule has 1 aliphatic carbocycles. The average molecular weight is 624 g/mol. The van der Waals surface area contributed by atoms with Crippen LogP contribution in [0.2, 0.25) is 5.02 Å². The summed E-state index contributed by atoms with van der Waals surface area (Å²) in [5, 5.41) is 17.3. The number of nitriles is 1. The van der Waals surface area contributed by atoms with Gasteiger partial charge in [0.2, 0.25) is 5.82 Å². The molecule has 1 atom stereocenters. The van der Waals surface area contributed by atoms with Gasteiger partial charge in [-0.3, -0.25) is 9.78 Å². The van der Waals surface area contributed by atoms with Gasteiger partial charge in [-0.1, -0.05) is 17.7 Å². The lowest BCUT2D eigenvalue weighted by atomic mass is 9.82. The molecule has 0 spiro atoms. The molecule has 1 saturated carbocycles. The Morgan fingerprint density at radius 3 is 2.77 bits per heavy atom. The highest BCUT2D eigenvalue weighted by molar-refractivity contribution is 6.33. The van der Waals surface area contributed by atoms with Crippen molar-refractivity contribution in [2.45, 2.75) is 70.6 Å². The molecule has 3 aromatic heterocycles. The Kier molecular flexibility index (Phi) is 10.9. The van der Waals surface area contributed by atoms with Crippen LogP contribution in [0.1, 0.15) is 57.0 Å². The van der Waals surface area contributed by atoms with E-state index in [1.54, 1.807) is 6.20 Å². The number of halogens is 2. The summed E-state index contributed by atoms with van der Waals surface area (Å²) in [7, 11) is 0. The Labute approximate surface area is 261 Å². The molecule has 3 aromatic rings. The summed E-state index contributed by atoms with van der Waals surface area (Å²) in [4.78, 5) is 27.0. The van der Waals surface area contributed by atoms with Crippen LogP contribution in [0.4, 0.5) is 10.2 Å². The van der Waals surface area contributed by atoms with Gasteiger partial charge in [0.15, 0.2) is 0 Å². The zero-order valence-corrected chi connectivity index (χ0v) is 25.7. The molecule has 12 heteroatoms. The Bertz CT molecular complexity index is 1500. The van der Waals surface area contributed by atoms with Gasteiger partial charge in [0.1, 0.15) is 18.2 Å². The van der Waals surface area contributed by atoms with Gasteiger partial charge in [-0.15, -0.1) is 0 Å². The summed E-state index contributed by atoms with van der Waals surface area (Å²) in [5.41, 5.74) is 1.39. The zero-order chi connectivity index (χ0) is 30.9. The van der Waals surface area contributed by atoms with Crippen molar-refractivity contribution in [3.63, 3.8) is 0 Å². The molecule has 2 fully saturated rings. The van der Waals surface area contributed by atoms with Crippen LogP contribution in [0, 0.1) is 28.5 Å². The van der Waals surface area contributed by atoms with E-state index in [2.05, 4.69) is 44.6 Å². The van der Waals surface area contributed by atoms with E-state index in [4.69, 9.17) is 26.1 Å².